The number of thioether (sulfide) groups is 1. The smallest absolute Gasteiger partial charge is 0.266 e. The van der Waals surface area contributed by atoms with Crippen LogP contribution in [0.3, 0.4) is 0 Å². The van der Waals surface area contributed by atoms with E-state index < -0.39 is 0 Å². The predicted octanol–water partition coefficient (Wildman–Crippen LogP) is 6.68. The monoisotopic (exact) mass is 755 g/mol. The van der Waals surface area contributed by atoms with Gasteiger partial charge in [-0.05, 0) is 123 Å². The number of anilines is 1. The van der Waals surface area contributed by atoms with Gasteiger partial charge >= 0.3 is 0 Å². The van der Waals surface area contributed by atoms with Gasteiger partial charge < -0.3 is 14.4 Å². The van der Waals surface area contributed by atoms with Gasteiger partial charge in [-0.2, -0.15) is 0 Å². The van der Waals surface area contributed by atoms with Crippen molar-refractivity contribution < 1.29 is 18.7 Å². The molecule has 0 saturated carbocycles. The van der Waals surface area contributed by atoms with Gasteiger partial charge in [-0.1, -0.05) is 12.1 Å². The van der Waals surface area contributed by atoms with Crippen molar-refractivity contribution in [3.8, 4) is 5.75 Å². The zero-order chi connectivity index (χ0) is 26.6. The number of amidine groups is 1. The third kappa shape index (κ3) is 6.52. The Morgan fingerprint density at radius 1 is 1.08 bits per heavy atom. The van der Waals surface area contributed by atoms with E-state index in [2.05, 4.69) is 62.2 Å². The number of hydrogen-bond acceptors (Lipinski definition) is 6. The first-order chi connectivity index (χ1) is 18.4. The Morgan fingerprint density at radius 2 is 1.79 bits per heavy atom. The van der Waals surface area contributed by atoms with Crippen molar-refractivity contribution in [3.05, 3.63) is 89.7 Å². The Kier molecular flexibility index (Phi) is 8.91. The summed E-state index contributed by atoms with van der Waals surface area (Å²) in [6, 6.07) is 18.4. The minimum Gasteiger partial charge on any atom is -0.487 e. The molecule has 2 aliphatic heterocycles. The van der Waals surface area contributed by atoms with Gasteiger partial charge in [0.1, 0.15) is 18.2 Å². The highest BCUT2D eigenvalue weighted by molar-refractivity contribution is 14.1. The lowest BCUT2D eigenvalue weighted by atomic mass is 10.2. The summed E-state index contributed by atoms with van der Waals surface area (Å²) in [5.41, 5.74) is 3.61. The standard InChI is InChI=1S/C28H24FI2N3O3S/c1-33-27(35)25(38-28(33)32-21-5-7-22(8-6-21)34-9-11-36-12-10-34)16-19-14-23(30)26(24(31)15-19)37-17-18-3-2-4-20(29)13-18/h2-8,13-16H,9-12,17H2,1H3/b25-16-,32-28?. The molecule has 0 N–H and O–H groups in total. The average Bonchev–Trinajstić information content (AvgIpc) is 3.16. The van der Waals surface area contributed by atoms with E-state index in [1.54, 1.807) is 18.0 Å². The van der Waals surface area contributed by atoms with Gasteiger partial charge in [0.15, 0.2) is 5.17 Å². The molecule has 6 nitrogen and oxygen atoms in total. The number of morpholine rings is 1. The predicted molar refractivity (Wildman–Crippen MR) is 168 cm³/mol. The number of aliphatic imine (C=N–C) groups is 1. The second-order valence-corrected chi connectivity index (χ2v) is 12.1. The van der Waals surface area contributed by atoms with Crippen LogP contribution in [-0.4, -0.2) is 49.3 Å². The largest absolute Gasteiger partial charge is 0.487 e. The molecule has 2 saturated heterocycles. The van der Waals surface area contributed by atoms with E-state index in [0.29, 0.717) is 10.1 Å². The summed E-state index contributed by atoms with van der Waals surface area (Å²) in [7, 11) is 1.74. The maximum absolute atomic E-state index is 13.5. The number of likely N-dealkylation sites (N-methyl/N-ethyl adjacent to an activating group) is 1. The summed E-state index contributed by atoms with van der Waals surface area (Å²) in [6.45, 7) is 3.52. The van der Waals surface area contributed by atoms with Gasteiger partial charge in [0.05, 0.1) is 30.9 Å². The highest BCUT2D eigenvalue weighted by atomic mass is 127. The van der Waals surface area contributed by atoms with E-state index in [0.717, 1.165) is 61.7 Å². The topological polar surface area (TPSA) is 54.4 Å². The molecule has 3 aromatic carbocycles. The highest BCUT2D eigenvalue weighted by Crippen LogP contribution is 2.36. The molecule has 0 atom stereocenters. The molecule has 1 amide bonds. The summed E-state index contributed by atoms with van der Waals surface area (Å²) in [6.07, 6.45) is 1.88. The molecule has 10 heteroatoms. The Labute approximate surface area is 252 Å². The number of benzene rings is 3. The Bertz CT molecular complexity index is 1390. The molecule has 38 heavy (non-hydrogen) atoms. The van der Waals surface area contributed by atoms with Crippen LogP contribution in [0.15, 0.2) is 70.6 Å². The molecule has 0 radical (unpaired) electrons. The van der Waals surface area contributed by atoms with E-state index in [1.165, 1.54) is 23.9 Å². The van der Waals surface area contributed by atoms with Crippen LogP contribution >= 0.6 is 56.9 Å². The van der Waals surface area contributed by atoms with Crippen molar-refractivity contribution in [1.82, 2.24) is 4.90 Å². The average molecular weight is 755 g/mol. The Hall–Kier alpha value is -2.16. The van der Waals surface area contributed by atoms with Gasteiger partial charge in [0.25, 0.3) is 5.91 Å². The molecule has 0 unspecified atom stereocenters. The summed E-state index contributed by atoms with van der Waals surface area (Å²) in [5.74, 6) is 0.368. The fourth-order valence-electron chi connectivity index (χ4n) is 4.06. The fraction of sp³-hybridized carbons (Fsp3) is 0.214. The molecular formula is C28H24FI2N3O3S. The van der Waals surface area contributed by atoms with Crippen molar-refractivity contribution in [2.75, 3.05) is 38.3 Å². The zero-order valence-electron chi connectivity index (χ0n) is 20.5. The summed E-state index contributed by atoms with van der Waals surface area (Å²) >= 11 is 5.81. The van der Waals surface area contributed by atoms with Crippen molar-refractivity contribution in [1.29, 1.82) is 0 Å². The maximum atomic E-state index is 13.5. The normalized spacial score (nSPS) is 18.1. The van der Waals surface area contributed by atoms with Gasteiger partial charge in [-0.3, -0.25) is 9.69 Å². The lowest BCUT2D eigenvalue weighted by molar-refractivity contribution is -0.121. The SMILES string of the molecule is CN1C(=O)/C(=C/c2cc(I)c(OCc3cccc(F)c3)c(I)c2)SC1=Nc1ccc(N2CCOCC2)cc1. The van der Waals surface area contributed by atoms with E-state index in [9.17, 15) is 9.18 Å². The summed E-state index contributed by atoms with van der Waals surface area (Å²) < 4.78 is 26.7. The van der Waals surface area contributed by atoms with Crippen LogP contribution in [0, 0.1) is 13.0 Å². The van der Waals surface area contributed by atoms with Crippen LogP contribution in [0.5, 0.6) is 5.75 Å². The Balaban J connectivity index is 1.29. The third-order valence-electron chi connectivity index (χ3n) is 6.04. The second kappa shape index (κ2) is 12.3. The lowest BCUT2D eigenvalue weighted by Gasteiger charge is -2.28. The van der Waals surface area contributed by atoms with Crippen LogP contribution in [0.4, 0.5) is 15.8 Å². The van der Waals surface area contributed by atoms with Gasteiger partial charge in [-0.25, -0.2) is 9.38 Å². The van der Waals surface area contributed by atoms with Crippen molar-refractivity contribution in [2.24, 2.45) is 4.99 Å². The number of halogens is 3. The molecule has 0 spiro atoms. The van der Waals surface area contributed by atoms with Crippen LogP contribution in [0.2, 0.25) is 0 Å². The van der Waals surface area contributed by atoms with Crippen LogP contribution in [-0.2, 0) is 16.1 Å². The van der Waals surface area contributed by atoms with Crippen LogP contribution in [0.1, 0.15) is 11.1 Å². The van der Waals surface area contributed by atoms with Crippen molar-refractivity contribution in [2.45, 2.75) is 6.61 Å². The lowest BCUT2D eigenvalue weighted by Crippen LogP contribution is -2.36. The number of carbonyl (C=O) groups excluding carboxylic acids is 1. The van der Waals surface area contributed by atoms with E-state index in [1.807, 2.05) is 36.4 Å². The number of rotatable bonds is 6. The first-order valence-corrected chi connectivity index (χ1v) is 14.9. The minimum atomic E-state index is -0.283. The quantitative estimate of drug-likeness (QED) is 0.208. The molecule has 2 fully saturated rings. The van der Waals surface area contributed by atoms with Crippen LogP contribution in [0.25, 0.3) is 6.08 Å². The third-order valence-corrected chi connectivity index (χ3v) is 8.71. The summed E-state index contributed by atoms with van der Waals surface area (Å²) in [5, 5.41) is 0.639. The van der Waals surface area contributed by atoms with Gasteiger partial charge in [0.2, 0.25) is 0 Å². The molecule has 196 valence electrons. The fourth-order valence-corrected chi connectivity index (χ4v) is 7.17. The molecule has 2 aliphatic rings. The van der Waals surface area contributed by atoms with Crippen molar-refractivity contribution in [3.63, 3.8) is 0 Å². The van der Waals surface area contributed by atoms with Crippen molar-refractivity contribution >= 4 is 85.5 Å². The molecular weight excluding hydrogens is 731 g/mol. The second-order valence-electron chi connectivity index (χ2n) is 8.72. The summed E-state index contributed by atoms with van der Waals surface area (Å²) in [4.78, 5) is 22.2. The number of carbonyl (C=O) groups is 1. The molecule has 2 heterocycles. The van der Waals surface area contributed by atoms with E-state index in [4.69, 9.17) is 14.5 Å². The number of hydrogen-bond donors (Lipinski definition) is 0. The van der Waals surface area contributed by atoms with Crippen LogP contribution < -0.4 is 9.64 Å². The van der Waals surface area contributed by atoms with Gasteiger partial charge in [0, 0.05) is 25.8 Å². The molecule has 0 aliphatic carbocycles. The van der Waals surface area contributed by atoms with E-state index in [-0.39, 0.29) is 18.3 Å². The maximum Gasteiger partial charge on any atom is 0.266 e. The minimum absolute atomic E-state index is 0.0878. The molecule has 5 rings (SSSR count). The Morgan fingerprint density at radius 3 is 2.47 bits per heavy atom. The number of nitrogens with zero attached hydrogens (tertiary/aromatic N) is 3. The molecule has 3 aromatic rings. The number of amides is 1. The van der Waals surface area contributed by atoms with E-state index >= 15 is 0 Å². The molecule has 0 bridgehead atoms. The first kappa shape index (κ1) is 27.4. The first-order valence-electron chi connectivity index (χ1n) is 11.9. The molecule has 0 aromatic heterocycles. The zero-order valence-corrected chi connectivity index (χ0v) is 25.6. The van der Waals surface area contributed by atoms with Gasteiger partial charge in [-0.15, -0.1) is 0 Å². The highest BCUT2D eigenvalue weighted by Gasteiger charge is 2.30. The number of ether oxygens (including phenoxy) is 2.